The van der Waals surface area contributed by atoms with Crippen molar-refractivity contribution >= 4 is 11.8 Å². The summed E-state index contributed by atoms with van der Waals surface area (Å²) in [5.41, 5.74) is 4.11. The Labute approximate surface area is 231 Å². The predicted octanol–water partition coefficient (Wildman–Crippen LogP) is 4.56. The third-order valence-corrected chi connectivity index (χ3v) is 7.49. The molecule has 1 aliphatic rings. The Kier molecular flexibility index (Phi) is 9.51. The number of hydrogen-bond donors (Lipinski definition) is 1. The van der Waals surface area contributed by atoms with Gasteiger partial charge in [0.1, 0.15) is 0 Å². The minimum absolute atomic E-state index is 0.131. The Morgan fingerprint density at radius 3 is 2.31 bits per heavy atom. The number of rotatable bonds is 7. The van der Waals surface area contributed by atoms with Crippen LogP contribution in [0, 0.1) is 5.92 Å². The van der Waals surface area contributed by atoms with E-state index in [0.29, 0.717) is 25.3 Å². The second-order valence-electron chi connectivity index (χ2n) is 10.3. The summed E-state index contributed by atoms with van der Waals surface area (Å²) in [6.45, 7) is 4.72. The highest BCUT2D eigenvalue weighted by atomic mass is 16.5. The van der Waals surface area contributed by atoms with E-state index >= 15 is 0 Å². The highest BCUT2D eigenvalue weighted by Gasteiger charge is 2.32. The predicted molar refractivity (Wildman–Crippen MR) is 151 cm³/mol. The van der Waals surface area contributed by atoms with Crippen LogP contribution in [0.15, 0.2) is 78.9 Å². The first-order valence-electron chi connectivity index (χ1n) is 13.4. The molecule has 206 valence electrons. The van der Waals surface area contributed by atoms with Gasteiger partial charge < -0.3 is 24.4 Å². The quantitative estimate of drug-likeness (QED) is 0.485. The van der Waals surface area contributed by atoms with Crippen molar-refractivity contribution in [3.63, 3.8) is 0 Å². The zero-order chi connectivity index (χ0) is 27.9. The summed E-state index contributed by atoms with van der Waals surface area (Å²) in [6.07, 6.45) is -1.10. The van der Waals surface area contributed by atoms with Gasteiger partial charge in [-0.2, -0.15) is 0 Å². The van der Waals surface area contributed by atoms with Crippen LogP contribution in [0.25, 0.3) is 11.1 Å². The summed E-state index contributed by atoms with van der Waals surface area (Å²) in [5.74, 6) is -0.436. The Bertz CT molecular complexity index is 1260. The van der Waals surface area contributed by atoms with Crippen molar-refractivity contribution in [3.8, 4) is 11.1 Å². The van der Waals surface area contributed by atoms with Gasteiger partial charge in [0, 0.05) is 38.7 Å². The molecule has 0 spiro atoms. The second kappa shape index (κ2) is 13.0. The van der Waals surface area contributed by atoms with Crippen molar-refractivity contribution in [2.24, 2.45) is 5.92 Å². The fourth-order valence-corrected chi connectivity index (χ4v) is 5.12. The molecular weight excluding hydrogens is 492 g/mol. The van der Waals surface area contributed by atoms with Gasteiger partial charge in [0.05, 0.1) is 25.4 Å². The zero-order valence-electron chi connectivity index (χ0n) is 23.1. The molecule has 0 saturated heterocycles. The lowest BCUT2D eigenvalue weighted by atomic mass is 9.94. The first-order valence-corrected chi connectivity index (χ1v) is 13.4. The van der Waals surface area contributed by atoms with E-state index in [1.54, 1.807) is 16.8 Å². The van der Waals surface area contributed by atoms with E-state index in [1.165, 1.54) is 7.11 Å². The topological polar surface area (TPSA) is 79.3 Å². The number of benzene rings is 3. The molecule has 39 heavy (non-hydrogen) atoms. The van der Waals surface area contributed by atoms with Crippen molar-refractivity contribution in [1.82, 2.24) is 9.80 Å². The number of aliphatic hydroxyl groups is 1. The third kappa shape index (κ3) is 6.38. The molecule has 1 heterocycles. The van der Waals surface area contributed by atoms with Crippen LogP contribution in [0.5, 0.6) is 0 Å². The van der Waals surface area contributed by atoms with Crippen LogP contribution in [0.1, 0.15) is 41.4 Å². The third-order valence-electron chi connectivity index (χ3n) is 7.49. The summed E-state index contributed by atoms with van der Waals surface area (Å²) in [5, 5.41) is 10.0. The number of hydrogen-bond acceptors (Lipinski definition) is 5. The highest BCUT2D eigenvalue weighted by Crippen LogP contribution is 2.31. The van der Waals surface area contributed by atoms with Gasteiger partial charge in [0.2, 0.25) is 0 Å². The number of ether oxygens (including phenoxy) is 2. The first kappa shape index (κ1) is 28.5. The SMILES string of the molecule is CO[C@@H](C(=O)N(C)C[C@H]1OCc2ccccc2-c2ccccc2C(=O)N([C@H](C)CO)C[C@H]1C)c1ccccc1. The van der Waals surface area contributed by atoms with E-state index in [-0.39, 0.29) is 36.5 Å². The molecule has 0 bridgehead atoms. The number of carbonyl (C=O) groups excluding carboxylic acids is 2. The lowest BCUT2D eigenvalue weighted by molar-refractivity contribution is -0.143. The number of amides is 2. The molecule has 0 aromatic heterocycles. The Morgan fingerprint density at radius 2 is 1.64 bits per heavy atom. The van der Waals surface area contributed by atoms with Gasteiger partial charge in [0.15, 0.2) is 6.10 Å². The fraction of sp³-hybridized carbons (Fsp3) is 0.375. The number of fused-ring (bicyclic) bond motifs is 3. The largest absolute Gasteiger partial charge is 0.394 e. The second-order valence-corrected chi connectivity index (χ2v) is 10.3. The van der Waals surface area contributed by atoms with E-state index in [0.717, 1.165) is 22.3 Å². The molecule has 0 radical (unpaired) electrons. The standard InChI is InChI=1S/C32H38N2O5/c1-22-18-34(23(2)20-35)31(36)28-17-11-10-16-27(28)26-15-9-8-14-25(26)21-39-29(22)19-33(3)32(37)30(38-4)24-12-6-5-7-13-24/h5-17,22-23,29-30,35H,18-21H2,1-4H3/t22-,23-,29-,30-/m1/s1. The van der Waals surface area contributed by atoms with Crippen LogP contribution in [0.2, 0.25) is 0 Å². The molecule has 3 aromatic carbocycles. The number of likely N-dealkylation sites (N-methyl/N-ethyl adjacent to an activating group) is 1. The summed E-state index contributed by atoms with van der Waals surface area (Å²) in [7, 11) is 3.28. The zero-order valence-corrected chi connectivity index (χ0v) is 23.1. The number of aliphatic hydroxyl groups excluding tert-OH is 1. The van der Waals surface area contributed by atoms with Crippen LogP contribution < -0.4 is 0 Å². The maximum absolute atomic E-state index is 13.9. The van der Waals surface area contributed by atoms with Gasteiger partial charge in [-0.1, -0.05) is 79.7 Å². The Morgan fingerprint density at radius 1 is 1.03 bits per heavy atom. The molecule has 7 nitrogen and oxygen atoms in total. The van der Waals surface area contributed by atoms with E-state index in [1.807, 2.05) is 92.7 Å². The van der Waals surface area contributed by atoms with Gasteiger partial charge in [-0.25, -0.2) is 0 Å². The van der Waals surface area contributed by atoms with Gasteiger partial charge >= 0.3 is 0 Å². The maximum Gasteiger partial charge on any atom is 0.256 e. The Balaban J connectivity index is 1.68. The molecule has 4 atom stereocenters. The molecule has 0 aliphatic carbocycles. The van der Waals surface area contributed by atoms with Crippen molar-refractivity contribution in [2.75, 3.05) is 33.9 Å². The lowest BCUT2D eigenvalue weighted by Crippen LogP contribution is -2.48. The van der Waals surface area contributed by atoms with Gasteiger partial charge in [-0.05, 0) is 35.2 Å². The van der Waals surface area contributed by atoms with Crippen LogP contribution in [0.4, 0.5) is 0 Å². The Hall–Kier alpha value is -3.52. The van der Waals surface area contributed by atoms with Gasteiger partial charge in [-0.3, -0.25) is 9.59 Å². The lowest BCUT2D eigenvalue weighted by Gasteiger charge is -2.35. The molecule has 0 fully saturated rings. The van der Waals surface area contributed by atoms with E-state index in [2.05, 4.69) is 0 Å². The number of nitrogens with zero attached hydrogens (tertiary/aromatic N) is 2. The minimum Gasteiger partial charge on any atom is -0.394 e. The first-order chi connectivity index (χ1) is 18.8. The van der Waals surface area contributed by atoms with Crippen molar-refractivity contribution < 1.29 is 24.2 Å². The normalized spacial score (nSPS) is 19.3. The van der Waals surface area contributed by atoms with E-state index in [9.17, 15) is 14.7 Å². The number of carbonyl (C=O) groups is 2. The summed E-state index contributed by atoms with van der Waals surface area (Å²) < 4.78 is 12.1. The molecule has 0 unspecified atom stereocenters. The monoisotopic (exact) mass is 530 g/mol. The molecule has 7 heteroatoms. The van der Waals surface area contributed by atoms with Crippen molar-refractivity contribution in [2.45, 2.75) is 38.7 Å². The van der Waals surface area contributed by atoms with E-state index in [4.69, 9.17) is 9.47 Å². The molecular formula is C32H38N2O5. The average molecular weight is 531 g/mol. The molecule has 2 amide bonds. The highest BCUT2D eigenvalue weighted by molar-refractivity contribution is 6.01. The van der Waals surface area contributed by atoms with Crippen molar-refractivity contribution in [3.05, 3.63) is 95.6 Å². The van der Waals surface area contributed by atoms with Crippen LogP contribution >= 0.6 is 0 Å². The summed E-state index contributed by atoms with van der Waals surface area (Å²) in [4.78, 5) is 30.8. The van der Waals surface area contributed by atoms with Gasteiger partial charge in [-0.15, -0.1) is 0 Å². The van der Waals surface area contributed by atoms with Crippen molar-refractivity contribution in [1.29, 1.82) is 0 Å². The molecule has 1 aliphatic heterocycles. The molecule has 3 aromatic rings. The van der Waals surface area contributed by atoms with E-state index < -0.39 is 6.10 Å². The van der Waals surface area contributed by atoms with Crippen LogP contribution in [0.3, 0.4) is 0 Å². The van der Waals surface area contributed by atoms with Crippen LogP contribution in [-0.2, 0) is 20.9 Å². The minimum atomic E-state index is -0.725. The average Bonchev–Trinajstić information content (AvgIpc) is 2.99. The van der Waals surface area contributed by atoms with Gasteiger partial charge in [0.25, 0.3) is 11.8 Å². The maximum atomic E-state index is 13.9. The van der Waals surface area contributed by atoms with Crippen LogP contribution in [-0.4, -0.2) is 72.7 Å². The summed E-state index contributed by atoms with van der Waals surface area (Å²) >= 11 is 0. The molecule has 4 rings (SSSR count). The molecule has 1 N–H and O–H groups in total. The summed E-state index contributed by atoms with van der Waals surface area (Å²) in [6, 6.07) is 24.5. The molecule has 0 saturated carbocycles. The number of methoxy groups -OCH3 is 1. The fourth-order valence-electron chi connectivity index (χ4n) is 5.12. The smallest absolute Gasteiger partial charge is 0.256 e.